The maximum Gasteiger partial charge on any atom is 0.203 e. The van der Waals surface area contributed by atoms with E-state index in [4.69, 9.17) is 18.9 Å². The number of benzene rings is 2. The molecule has 0 radical (unpaired) electrons. The number of halogens is 1. The molecule has 2 rings (SSSR count). The lowest BCUT2D eigenvalue weighted by atomic mass is 10.1. The number of nitrogens with one attached hydrogen (secondary N) is 2. The van der Waals surface area contributed by atoms with Gasteiger partial charge in [0, 0.05) is 31.3 Å². The lowest BCUT2D eigenvalue weighted by molar-refractivity contribution is 0.322. The molecule has 0 fully saturated rings. The molecule has 2 N–H and O–H groups in total. The molecule has 0 bridgehead atoms. The Kier molecular flexibility index (Phi) is 10.3. The van der Waals surface area contributed by atoms with E-state index in [2.05, 4.69) is 15.6 Å². The summed E-state index contributed by atoms with van der Waals surface area (Å²) in [5, 5.41) is 6.56. The summed E-state index contributed by atoms with van der Waals surface area (Å²) in [5.41, 5.74) is 1.97. The van der Waals surface area contributed by atoms with Crippen molar-refractivity contribution >= 4 is 29.9 Å². The third kappa shape index (κ3) is 5.82. The van der Waals surface area contributed by atoms with Crippen molar-refractivity contribution in [2.75, 3.05) is 35.5 Å². The van der Waals surface area contributed by atoms with Gasteiger partial charge in [0.25, 0.3) is 0 Å². The fourth-order valence-electron chi connectivity index (χ4n) is 2.73. The first-order chi connectivity index (χ1) is 13.2. The number of hydrogen-bond acceptors (Lipinski definition) is 5. The zero-order valence-corrected chi connectivity index (χ0v) is 19.2. The molecule has 0 aliphatic carbocycles. The molecule has 0 saturated carbocycles. The first-order valence-corrected chi connectivity index (χ1v) is 8.52. The summed E-state index contributed by atoms with van der Waals surface area (Å²) in [6.45, 7) is 1.10. The standard InChI is InChI=1S/C20H27N3O4.HI/c1-21-20(22-12-14-8-6-7-9-16(14)24-2)23-13-15-10-11-17(25-3)19(27-5)18(15)26-4;/h6-11H,12-13H2,1-5H3,(H2,21,22,23);1H. The SMILES string of the molecule is CN=C(NCc1ccccc1OC)NCc1ccc(OC)c(OC)c1OC.I. The highest BCUT2D eigenvalue weighted by atomic mass is 127. The smallest absolute Gasteiger partial charge is 0.203 e. The first kappa shape index (κ1) is 23.7. The van der Waals surface area contributed by atoms with Crippen LogP contribution < -0.4 is 29.6 Å². The van der Waals surface area contributed by atoms with Gasteiger partial charge in [0.05, 0.1) is 28.4 Å². The number of ether oxygens (including phenoxy) is 4. The van der Waals surface area contributed by atoms with Crippen molar-refractivity contribution in [3.05, 3.63) is 47.5 Å². The van der Waals surface area contributed by atoms with E-state index < -0.39 is 0 Å². The average molecular weight is 501 g/mol. The Labute approximate surface area is 183 Å². The number of hydrogen-bond donors (Lipinski definition) is 2. The van der Waals surface area contributed by atoms with E-state index in [9.17, 15) is 0 Å². The monoisotopic (exact) mass is 501 g/mol. The van der Waals surface area contributed by atoms with E-state index in [0.717, 1.165) is 16.9 Å². The third-order valence-corrected chi connectivity index (χ3v) is 4.09. The van der Waals surface area contributed by atoms with Crippen LogP contribution in [0.2, 0.25) is 0 Å². The first-order valence-electron chi connectivity index (χ1n) is 8.52. The number of methoxy groups -OCH3 is 4. The molecule has 0 atom stereocenters. The summed E-state index contributed by atoms with van der Waals surface area (Å²) in [6.07, 6.45) is 0. The molecule has 154 valence electrons. The van der Waals surface area contributed by atoms with Crippen molar-refractivity contribution in [3.63, 3.8) is 0 Å². The highest BCUT2D eigenvalue weighted by molar-refractivity contribution is 14.0. The fourth-order valence-corrected chi connectivity index (χ4v) is 2.73. The van der Waals surface area contributed by atoms with Gasteiger partial charge in [0.1, 0.15) is 5.75 Å². The second kappa shape index (κ2) is 12.2. The Balaban J connectivity index is 0.00000392. The van der Waals surface area contributed by atoms with E-state index in [0.29, 0.717) is 36.3 Å². The number of rotatable bonds is 8. The van der Waals surface area contributed by atoms with Gasteiger partial charge < -0.3 is 29.6 Å². The van der Waals surface area contributed by atoms with Gasteiger partial charge in [-0.15, -0.1) is 24.0 Å². The Morgan fingerprint density at radius 3 is 1.93 bits per heavy atom. The predicted octanol–water partition coefficient (Wildman–Crippen LogP) is 3.20. The number of guanidine groups is 1. The van der Waals surface area contributed by atoms with Gasteiger partial charge in [-0.25, -0.2) is 0 Å². The van der Waals surface area contributed by atoms with E-state index in [-0.39, 0.29) is 24.0 Å². The minimum atomic E-state index is 0. The number of nitrogens with zero attached hydrogens (tertiary/aromatic N) is 1. The maximum absolute atomic E-state index is 5.51. The Bertz CT molecular complexity index is 784. The van der Waals surface area contributed by atoms with Crippen LogP contribution in [0.25, 0.3) is 0 Å². The quantitative estimate of drug-likeness (QED) is 0.329. The lowest BCUT2D eigenvalue weighted by Gasteiger charge is -2.17. The molecule has 0 aliphatic heterocycles. The molecule has 0 spiro atoms. The third-order valence-electron chi connectivity index (χ3n) is 4.09. The molecular weight excluding hydrogens is 473 g/mol. The van der Waals surface area contributed by atoms with Gasteiger partial charge in [-0.2, -0.15) is 0 Å². The van der Waals surface area contributed by atoms with Crippen molar-refractivity contribution in [1.82, 2.24) is 10.6 Å². The highest BCUT2D eigenvalue weighted by Crippen LogP contribution is 2.39. The van der Waals surface area contributed by atoms with E-state index in [1.165, 1.54) is 0 Å². The molecule has 2 aromatic carbocycles. The van der Waals surface area contributed by atoms with Gasteiger partial charge in [0.15, 0.2) is 17.5 Å². The summed E-state index contributed by atoms with van der Waals surface area (Å²) in [6, 6.07) is 11.6. The van der Waals surface area contributed by atoms with Gasteiger partial charge in [-0.05, 0) is 18.2 Å². The zero-order valence-electron chi connectivity index (χ0n) is 16.9. The van der Waals surface area contributed by atoms with Crippen LogP contribution in [0.1, 0.15) is 11.1 Å². The lowest BCUT2D eigenvalue weighted by Crippen LogP contribution is -2.36. The van der Waals surface area contributed by atoms with Crippen LogP contribution in [0, 0.1) is 0 Å². The number of para-hydroxylation sites is 1. The largest absolute Gasteiger partial charge is 0.496 e. The van der Waals surface area contributed by atoms with Crippen LogP contribution in [0.4, 0.5) is 0 Å². The van der Waals surface area contributed by atoms with Crippen LogP contribution in [-0.4, -0.2) is 41.4 Å². The van der Waals surface area contributed by atoms with E-state index in [1.807, 2.05) is 36.4 Å². The molecule has 0 amide bonds. The molecule has 0 aliphatic rings. The second-order valence-electron chi connectivity index (χ2n) is 5.58. The van der Waals surface area contributed by atoms with Crippen LogP contribution in [0.3, 0.4) is 0 Å². The second-order valence-corrected chi connectivity index (χ2v) is 5.58. The summed E-state index contributed by atoms with van der Waals surface area (Å²) in [5.74, 6) is 3.32. The van der Waals surface area contributed by atoms with E-state index in [1.54, 1.807) is 35.5 Å². The minimum absolute atomic E-state index is 0. The van der Waals surface area contributed by atoms with Crippen molar-refractivity contribution in [2.24, 2.45) is 4.99 Å². The van der Waals surface area contributed by atoms with Gasteiger partial charge in [-0.1, -0.05) is 18.2 Å². The topological polar surface area (TPSA) is 73.3 Å². The van der Waals surface area contributed by atoms with Gasteiger partial charge >= 0.3 is 0 Å². The van der Waals surface area contributed by atoms with Crippen molar-refractivity contribution in [1.29, 1.82) is 0 Å². The van der Waals surface area contributed by atoms with Gasteiger partial charge in [0.2, 0.25) is 5.75 Å². The van der Waals surface area contributed by atoms with Crippen LogP contribution in [0.15, 0.2) is 41.4 Å². The molecule has 0 aromatic heterocycles. The normalized spacial score (nSPS) is 10.5. The Morgan fingerprint density at radius 2 is 1.36 bits per heavy atom. The van der Waals surface area contributed by atoms with Crippen molar-refractivity contribution in [3.8, 4) is 23.0 Å². The molecular formula is C20H28IN3O4. The highest BCUT2D eigenvalue weighted by Gasteiger charge is 2.16. The van der Waals surface area contributed by atoms with Crippen molar-refractivity contribution < 1.29 is 18.9 Å². The van der Waals surface area contributed by atoms with Crippen LogP contribution in [0.5, 0.6) is 23.0 Å². The molecule has 0 unspecified atom stereocenters. The maximum atomic E-state index is 5.51. The molecule has 28 heavy (non-hydrogen) atoms. The fraction of sp³-hybridized carbons (Fsp3) is 0.350. The molecule has 0 heterocycles. The molecule has 2 aromatic rings. The average Bonchev–Trinajstić information content (AvgIpc) is 2.73. The summed E-state index contributed by atoms with van der Waals surface area (Å²) in [7, 11) is 8.18. The summed E-state index contributed by atoms with van der Waals surface area (Å²) < 4.78 is 21.6. The molecule has 7 nitrogen and oxygen atoms in total. The van der Waals surface area contributed by atoms with Crippen LogP contribution >= 0.6 is 24.0 Å². The van der Waals surface area contributed by atoms with E-state index >= 15 is 0 Å². The molecule has 8 heteroatoms. The minimum Gasteiger partial charge on any atom is -0.496 e. The summed E-state index contributed by atoms with van der Waals surface area (Å²) in [4.78, 5) is 4.26. The van der Waals surface area contributed by atoms with Crippen LogP contribution in [-0.2, 0) is 13.1 Å². The predicted molar refractivity (Wildman–Crippen MR) is 122 cm³/mol. The zero-order chi connectivity index (χ0) is 19.6. The number of aliphatic imine (C=N–C) groups is 1. The summed E-state index contributed by atoms with van der Waals surface area (Å²) >= 11 is 0. The molecule has 0 saturated heterocycles. The Hall–Kier alpha value is -2.36. The van der Waals surface area contributed by atoms with Crippen molar-refractivity contribution in [2.45, 2.75) is 13.1 Å². The van der Waals surface area contributed by atoms with Gasteiger partial charge in [-0.3, -0.25) is 4.99 Å². The Morgan fingerprint density at radius 1 is 0.750 bits per heavy atom.